The molecule has 0 bridgehead atoms. The molecule has 0 saturated heterocycles. The van der Waals surface area contributed by atoms with Crippen LogP contribution in [0.25, 0.3) is 0 Å². The summed E-state index contributed by atoms with van der Waals surface area (Å²) in [6.07, 6.45) is 0.409. The molecule has 0 unspecified atom stereocenters. The summed E-state index contributed by atoms with van der Waals surface area (Å²) in [6.45, 7) is 0.608. The maximum atomic E-state index is 12.1. The van der Waals surface area contributed by atoms with Gasteiger partial charge in [-0.15, -0.1) is 0 Å². The van der Waals surface area contributed by atoms with Gasteiger partial charge in [-0.1, -0.05) is 48.2 Å². The molecule has 2 aromatic rings. The minimum Gasteiger partial charge on any atom is -0.384 e. The molecule has 0 saturated carbocycles. The lowest BCUT2D eigenvalue weighted by atomic mass is 10.2. The van der Waals surface area contributed by atoms with Gasteiger partial charge in [0, 0.05) is 17.9 Å². The molecule has 0 aliphatic heterocycles. The highest BCUT2D eigenvalue weighted by atomic mass is 32.2. The molecule has 2 rings (SSSR count). The maximum Gasteiger partial charge on any atom is 0.232 e. The highest BCUT2D eigenvalue weighted by Gasteiger charge is 2.10. The molecule has 0 aromatic heterocycles. The van der Waals surface area contributed by atoms with Crippen LogP contribution < -0.4 is 4.72 Å². The van der Waals surface area contributed by atoms with Gasteiger partial charge in [0.15, 0.2) is 0 Å². The molecule has 2 aromatic carbocycles. The van der Waals surface area contributed by atoms with E-state index in [1.165, 1.54) is 0 Å². The molecule has 0 fully saturated rings. The zero-order chi connectivity index (χ0) is 18.0. The standard InChI is InChI=1S/C19H21NO4S/c21-12-5-10-17-9-4-11-19(15-17)20-25(22,23)14-6-13-24-16-18-7-2-1-3-8-18/h1-4,7-9,11,15,20-21H,6,12-14,16H2. The number of rotatable bonds is 8. The molecule has 0 aliphatic rings. The number of anilines is 1. The minimum atomic E-state index is -3.44. The molecule has 132 valence electrons. The summed E-state index contributed by atoms with van der Waals surface area (Å²) < 4.78 is 32.3. The van der Waals surface area contributed by atoms with Gasteiger partial charge in [0.2, 0.25) is 10.0 Å². The highest BCUT2D eigenvalue weighted by Crippen LogP contribution is 2.12. The molecule has 5 nitrogen and oxygen atoms in total. The van der Waals surface area contributed by atoms with Crippen LogP contribution in [0.5, 0.6) is 0 Å². The van der Waals surface area contributed by atoms with E-state index in [1.54, 1.807) is 24.3 Å². The first-order valence-corrected chi connectivity index (χ1v) is 9.56. The predicted molar refractivity (Wildman–Crippen MR) is 98.5 cm³/mol. The van der Waals surface area contributed by atoms with Crippen molar-refractivity contribution in [2.24, 2.45) is 0 Å². The largest absolute Gasteiger partial charge is 0.384 e. The highest BCUT2D eigenvalue weighted by molar-refractivity contribution is 7.92. The second kappa shape index (κ2) is 9.84. The first kappa shape index (κ1) is 19.0. The van der Waals surface area contributed by atoms with E-state index in [2.05, 4.69) is 16.6 Å². The average Bonchev–Trinajstić information content (AvgIpc) is 2.60. The van der Waals surface area contributed by atoms with Gasteiger partial charge in [0.25, 0.3) is 0 Å². The maximum absolute atomic E-state index is 12.1. The van der Waals surface area contributed by atoms with Crippen LogP contribution in [0.2, 0.25) is 0 Å². The van der Waals surface area contributed by atoms with E-state index in [1.807, 2.05) is 30.3 Å². The van der Waals surface area contributed by atoms with Gasteiger partial charge in [0.05, 0.1) is 12.4 Å². The molecular weight excluding hydrogens is 338 g/mol. The molecule has 0 atom stereocenters. The SMILES string of the molecule is O=S(=O)(CCCOCc1ccccc1)Nc1cccc(C#CCO)c1. The van der Waals surface area contributed by atoms with Crippen LogP contribution in [0.3, 0.4) is 0 Å². The number of hydrogen-bond donors (Lipinski definition) is 2. The fraction of sp³-hybridized carbons (Fsp3) is 0.263. The molecule has 0 amide bonds. The number of aliphatic hydroxyl groups is 1. The normalized spacial score (nSPS) is 10.8. The summed E-state index contributed by atoms with van der Waals surface area (Å²) in [5.41, 5.74) is 2.15. The van der Waals surface area contributed by atoms with E-state index < -0.39 is 10.0 Å². The number of benzene rings is 2. The molecule has 6 heteroatoms. The average molecular weight is 359 g/mol. The Morgan fingerprint density at radius 3 is 2.64 bits per heavy atom. The number of ether oxygens (including phenoxy) is 1. The zero-order valence-corrected chi connectivity index (χ0v) is 14.6. The van der Waals surface area contributed by atoms with Gasteiger partial charge in [-0.25, -0.2) is 8.42 Å². The zero-order valence-electron chi connectivity index (χ0n) is 13.8. The second-order valence-electron chi connectivity index (χ2n) is 5.35. The van der Waals surface area contributed by atoms with Crippen molar-refractivity contribution >= 4 is 15.7 Å². The van der Waals surface area contributed by atoms with Crippen molar-refractivity contribution in [2.45, 2.75) is 13.0 Å². The summed E-state index contributed by atoms with van der Waals surface area (Å²) in [6, 6.07) is 16.5. The molecule has 2 N–H and O–H groups in total. The van der Waals surface area contributed by atoms with Gasteiger partial charge in [-0.05, 0) is 30.2 Å². The van der Waals surface area contributed by atoms with Crippen molar-refractivity contribution in [3.8, 4) is 11.8 Å². The Morgan fingerprint density at radius 2 is 1.88 bits per heavy atom. The monoisotopic (exact) mass is 359 g/mol. The van der Waals surface area contributed by atoms with Gasteiger partial charge >= 0.3 is 0 Å². The molecule has 0 heterocycles. The molecule has 0 spiro atoms. The second-order valence-corrected chi connectivity index (χ2v) is 7.20. The fourth-order valence-electron chi connectivity index (χ4n) is 2.15. The van der Waals surface area contributed by atoms with Crippen molar-refractivity contribution in [2.75, 3.05) is 23.7 Å². The summed E-state index contributed by atoms with van der Waals surface area (Å²) >= 11 is 0. The van der Waals surface area contributed by atoms with Crippen LogP contribution in [0, 0.1) is 11.8 Å². The van der Waals surface area contributed by atoms with Crippen LogP contribution in [0.4, 0.5) is 5.69 Å². The van der Waals surface area contributed by atoms with E-state index >= 15 is 0 Å². The third-order valence-corrected chi connectivity index (χ3v) is 4.63. The fourth-order valence-corrected chi connectivity index (χ4v) is 3.23. The predicted octanol–water partition coefficient (Wildman–Crippen LogP) is 2.38. The summed E-state index contributed by atoms with van der Waals surface area (Å²) in [5, 5.41) is 8.70. The molecular formula is C19H21NO4S. The number of aliphatic hydroxyl groups excluding tert-OH is 1. The van der Waals surface area contributed by atoms with Crippen molar-refractivity contribution in [3.05, 3.63) is 65.7 Å². The quantitative estimate of drug-likeness (QED) is 0.560. The van der Waals surface area contributed by atoms with Crippen LogP contribution in [-0.2, 0) is 21.4 Å². The lowest BCUT2D eigenvalue weighted by Gasteiger charge is -2.09. The van der Waals surface area contributed by atoms with Crippen molar-refractivity contribution in [1.82, 2.24) is 0 Å². The van der Waals surface area contributed by atoms with Crippen molar-refractivity contribution < 1.29 is 18.3 Å². The van der Waals surface area contributed by atoms with E-state index in [0.717, 1.165) is 5.56 Å². The van der Waals surface area contributed by atoms with Gasteiger partial charge in [-0.2, -0.15) is 0 Å². The van der Waals surface area contributed by atoms with E-state index in [9.17, 15) is 8.42 Å². The molecule has 0 aliphatic carbocycles. The summed E-state index contributed by atoms with van der Waals surface area (Å²) in [4.78, 5) is 0. The van der Waals surface area contributed by atoms with Crippen molar-refractivity contribution in [3.63, 3.8) is 0 Å². The Bertz CT molecular complexity index is 823. The smallest absolute Gasteiger partial charge is 0.232 e. The summed E-state index contributed by atoms with van der Waals surface area (Å²) in [7, 11) is -3.44. The van der Waals surface area contributed by atoms with Gasteiger partial charge in [-0.3, -0.25) is 4.72 Å². The van der Waals surface area contributed by atoms with Crippen molar-refractivity contribution in [1.29, 1.82) is 0 Å². The third kappa shape index (κ3) is 7.40. The van der Waals surface area contributed by atoms with Crippen LogP contribution in [0.15, 0.2) is 54.6 Å². The Kier molecular flexibility index (Phi) is 7.48. The Hall–Kier alpha value is -2.33. The first-order valence-electron chi connectivity index (χ1n) is 7.91. The molecule has 25 heavy (non-hydrogen) atoms. The first-order chi connectivity index (χ1) is 12.1. The van der Waals surface area contributed by atoms with Crippen LogP contribution in [-0.4, -0.2) is 32.5 Å². The van der Waals surface area contributed by atoms with Gasteiger partial charge in [0.1, 0.15) is 6.61 Å². The number of sulfonamides is 1. The number of hydrogen-bond acceptors (Lipinski definition) is 4. The lowest BCUT2D eigenvalue weighted by Crippen LogP contribution is -2.18. The number of nitrogens with one attached hydrogen (secondary N) is 1. The Morgan fingerprint density at radius 1 is 1.08 bits per heavy atom. The third-order valence-electron chi connectivity index (χ3n) is 3.26. The lowest BCUT2D eigenvalue weighted by molar-refractivity contribution is 0.122. The minimum absolute atomic E-state index is 0.0195. The Labute approximate surface area is 148 Å². The molecule has 0 radical (unpaired) electrons. The van der Waals surface area contributed by atoms with E-state index in [0.29, 0.717) is 30.9 Å². The van der Waals surface area contributed by atoms with E-state index in [-0.39, 0.29) is 12.4 Å². The summed E-state index contributed by atoms with van der Waals surface area (Å²) in [5.74, 6) is 5.25. The Balaban J connectivity index is 1.77. The van der Waals surface area contributed by atoms with Gasteiger partial charge < -0.3 is 9.84 Å². The van der Waals surface area contributed by atoms with Crippen LogP contribution in [0.1, 0.15) is 17.5 Å². The van der Waals surface area contributed by atoms with Crippen LogP contribution >= 0.6 is 0 Å². The topological polar surface area (TPSA) is 75.6 Å². The van der Waals surface area contributed by atoms with E-state index in [4.69, 9.17) is 9.84 Å².